The predicted octanol–water partition coefficient (Wildman–Crippen LogP) is 2.64. The van der Waals surface area contributed by atoms with Crippen molar-refractivity contribution in [1.82, 2.24) is 9.97 Å². The number of hydrogen-bond acceptors (Lipinski definition) is 6. The van der Waals surface area contributed by atoms with Crippen molar-refractivity contribution in [2.75, 3.05) is 11.9 Å². The molecular weight excluding hydrogens is 346 g/mol. The fourth-order valence-electron chi connectivity index (χ4n) is 2.69. The van der Waals surface area contributed by atoms with Gasteiger partial charge in [0.2, 0.25) is 0 Å². The summed E-state index contributed by atoms with van der Waals surface area (Å²) in [5.74, 6) is -0.355. The number of hydrogen-bond donors (Lipinski definition) is 3. The van der Waals surface area contributed by atoms with Crippen LogP contribution in [0.1, 0.15) is 54.1 Å². The molecule has 0 saturated heterocycles. The lowest BCUT2D eigenvalue weighted by molar-refractivity contribution is 0.0995. The van der Waals surface area contributed by atoms with E-state index in [4.69, 9.17) is 16.2 Å². The Morgan fingerprint density at radius 3 is 2.41 bits per heavy atom. The molecule has 8 heteroatoms. The predicted molar refractivity (Wildman–Crippen MR) is 103 cm³/mol. The third-order valence-electron chi connectivity index (χ3n) is 4.15. The number of nitrogens with zero attached hydrogens (tertiary/aromatic N) is 2. The highest BCUT2D eigenvalue weighted by atomic mass is 16.5. The molecule has 8 nitrogen and oxygen atoms in total. The van der Waals surface area contributed by atoms with Crippen LogP contribution in [0.15, 0.2) is 24.3 Å². The molecule has 1 atom stereocenters. The van der Waals surface area contributed by atoms with Crippen LogP contribution in [-0.2, 0) is 17.6 Å². The number of primary amides is 2. The SMILES string of the molecule is CCc1nc(Nc2cccc([C@H](C)COC(N)=O)c2)c(C(N)=O)nc1CC. The van der Waals surface area contributed by atoms with Gasteiger partial charge in [0.1, 0.15) is 0 Å². The molecule has 0 radical (unpaired) electrons. The van der Waals surface area contributed by atoms with E-state index < -0.39 is 12.0 Å². The Balaban J connectivity index is 2.32. The molecule has 1 aromatic heterocycles. The fourth-order valence-corrected chi connectivity index (χ4v) is 2.69. The van der Waals surface area contributed by atoms with Crippen LogP contribution >= 0.6 is 0 Å². The molecule has 1 aromatic carbocycles. The molecule has 0 unspecified atom stereocenters. The van der Waals surface area contributed by atoms with Crippen molar-refractivity contribution in [2.24, 2.45) is 11.5 Å². The lowest BCUT2D eigenvalue weighted by Gasteiger charge is -2.15. The number of amides is 2. The van der Waals surface area contributed by atoms with Crippen LogP contribution in [0.4, 0.5) is 16.3 Å². The van der Waals surface area contributed by atoms with Gasteiger partial charge in [0.25, 0.3) is 5.91 Å². The summed E-state index contributed by atoms with van der Waals surface area (Å²) in [4.78, 5) is 31.6. The molecule has 2 amide bonds. The van der Waals surface area contributed by atoms with Gasteiger partial charge in [-0.25, -0.2) is 14.8 Å². The van der Waals surface area contributed by atoms with Crippen molar-refractivity contribution in [3.63, 3.8) is 0 Å². The smallest absolute Gasteiger partial charge is 0.404 e. The molecule has 0 saturated carbocycles. The zero-order valence-electron chi connectivity index (χ0n) is 15.8. The van der Waals surface area contributed by atoms with Gasteiger partial charge in [0.05, 0.1) is 18.0 Å². The number of anilines is 2. The molecule has 0 aliphatic rings. The lowest BCUT2D eigenvalue weighted by Crippen LogP contribution is -2.19. The summed E-state index contributed by atoms with van der Waals surface area (Å²) in [6.07, 6.45) is 0.565. The molecule has 0 bridgehead atoms. The van der Waals surface area contributed by atoms with Crippen LogP contribution < -0.4 is 16.8 Å². The third-order valence-corrected chi connectivity index (χ3v) is 4.15. The van der Waals surface area contributed by atoms with Crippen molar-refractivity contribution >= 4 is 23.5 Å². The van der Waals surface area contributed by atoms with Crippen LogP contribution in [0, 0.1) is 0 Å². The number of benzene rings is 1. The van der Waals surface area contributed by atoms with E-state index in [0.717, 1.165) is 22.6 Å². The first-order valence-corrected chi connectivity index (χ1v) is 8.84. The van der Waals surface area contributed by atoms with Gasteiger partial charge in [-0.2, -0.15) is 0 Å². The van der Waals surface area contributed by atoms with Crippen molar-refractivity contribution < 1.29 is 14.3 Å². The second-order valence-corrected chi connectivity index (χ2v) is 6.17. The summed E-state index contributed by atoms with van der Waals surface area (Å²) >= 11 is 0. The maximum Gasteiger partial charge on any atom is 0.404 e. The Hall–Kier alpha value is -3.16. The molecule has 27 heavy (non-hydrogen) atoms. The van der Waals surface area contributed by atoms with Gasteiger partial charge in [-0.3, -0.25) is 4.79 Å². The van der Waals surface area contributed by atoms with Crippen molar-refractivity contribution in [1.29, 1.82) is 0 Å². The van der Waals surface area contributed by atoms with E-state index in [0.29, 0.717) is 18.7 Å². The molecule has 5 N–H and O–H groups in total. The molecular formula is C19H25N5O3. The number of carbonyl (C=O) groups is 2. The Kier molecular flexibility index (Phi) is 6.70. The number of rotatable bonds is 8. The van der Waals surface area contributed by atoms with E-state index in [9.17, 15) is 9.59 Å². The van der Waals surface area contributed by atoms with E-state index in [1.807, 2.05) is 45.0 Å². The monoisotopic (exact) mass is 371 g/mol. The Labute approximate surface area is 158 Å². The summed E-state index contributed by atoms with van der Waals surface area (Å²) in [5, 5.41) is 3.13. The largest absolute Gasteiger partial charge is 0.449 e. The van der Waals surface area contributed by atoms with Gasteiger partial charge >= 0.3 is 6.09 Å². The van der Waals surface area contributed by atoms with Gasteiger partial charge < -0.3 is 21.5 Å². The van der Waals surface area contributed by atoms with Crippen LogP contribution in [0.25, 0.3) is 0 Å². The normalized spacial score (nSPS) is 11.7. The molecule has 1 heterocycles. The van der Waals surface area contributed by atoms with E-state index in [1.54, 1.807) is 0 Å². The Bertz CT molecular complexity index is 838. The minimum atomic E-state index is -0.805. The molecule has 0 fully saturated rings. The molecule has 2 rings (SSSR count). The van der Waals surface area contributed by atoms with Gasteiger partial charge in [-0.1, -0.05) is 32.9 Å². The average molecular weight is 371 g/mol. The maximum absolute atomic E-state index is 11.8. The number of carbonyl (C=O) groups excluding carboxylic acids is 2. The zero-order valence-corrected chi connectivity index (χ0v) is 15.8. The van der Waals surface area contributed by atoms with E-state index in [1.165, 1.54) is 0 Å². The van der Waals surface area contributed by atoms with E-state index in [2.05, 4.69) is 15.3 Å². The average Bonchev–Trinajstić information content (AvgIpc) is 2.65. The quantitative estimate of drug-likeness (QED) is 0.653. The lowest BCUT2D eigenvalue weighted by atomic mass is 10.0. The van der Waals surface area contributed by atoms with Crippen LogP contribution in [0.5, 0.6) is 0 Å². The summed E-state index contributed by atoms with van der Waals surface area (Å²) in [6, 6.07) is 7.51. The molecule has 2 aromatic rings. The highest BCUT2D eigenvalue weighted by molar-refractivity contribution is 5.96. The minimum Gasteiger partial charge on any atom is -0.449 e. The topological polar surface area (TPSA) is 133 Å². The number of ether oxygens (including phenoxy) is 1. The molecule has 144 valence electrons. The first-order valence-electron chi connectivity index (χ1n) is 8.84. The molecule has 0 spiro atoms. The number of aryl methyl sites for hydroxylation is 2. The second-order valence-electron chi connectivity index (χ2n) is 6.17. The van der Waals surface area contributed by atoms with Gasteiger partial charge in [0.15, 0.2) is 11.5 Å². The first-order chi connectivity index (χ1) is 12.8. The van der Waals surface area contributed by atoms with Gasteiger partial charge in [-0.05, 0) is 30.5 Å². The van der Waals surface area contributed by atoms with Gasteiger partial charge in [-0.15, -0.1) is 0 Å². The standard InChI is InChI=1S/C19H25N5O3/c1-4-14-15(5-2)24-18(16(23-14)17(20)25)22-13-8-6-7-12(9-13)11(3)10-27-19(21)26/h6-9,11H,4-5,10H2,1-3H3,(H2,20,25)(H2,21,26)(H,22,24)/t11-/m1/s1. The summed E-state index contributed by atoms with van der Waals surface area (Å²) < 4.78 is 4.86. The van der Waals surface area contributed by atoms with E-state index >= 15 is 0 Å². The fraction of sp³-hybridized carbons (Fsp3) is 0.368. The number of nitrogens with one attached hydrogen (secondary N) is 1. The van der Waals surface area contributed by atoms with Crippen molar-refractivity contribution in [3.8, 4) is 0 Å². The first kappa shape index (κ1) is 20.2. The van der Waals surface area contributed by atoms with Crippen molar-refractivity contribution in [2.45, 2.75) is 39.5 Å². The highest BCUT2D eigenvalue weighted by Gasteiger charge is 2.17. The zero-order chi connectivity index (χ0) is 20.0. The van der Waals surface area contributed by atoms with Crippen LogP contribution in [0.3, 0.4) is 0 Å². The minimum absolute atomic E-state index is 0.0467. The van der Waals surface area contributed by atoms with Crippen molar-refractivity contribution in [3.05, 3.63) is 46.9 Å². The second kappa shape index (κ2) is 8.98. The molecule has 0 aliphatic heterocycles. The Morgan fingerprint density at radius 2 is 1.81 bits per heavy atom. The Morgan fingerprint density at radius 1 is 1.15 bits per heavy atom. The third kappa shape index (κ3) is 5.16. The summed E-state index contributed by atoms with van der Waals surface area (Å²) in [7, 11) is 0. The van der Waals surface area contributed by atoms with Crippen LogP contribution in [-0.4, -0.2) is 28.6 Å². The van der Waals surface area contributed by atoms with E-state index in [-0.39, 0.29) is 18.2 Å². The number of nitrogens with two attached hydrogens (primary N) is 2. The summed E-state index contributed by atoms with van der Waals surface area (Å²) in [5.41, 5.74) is 13.9. The van der Waals surface area contributed by atoms with Crippen LogP contribution in [0.2, 0.25) is 0 Å². The number of aromatic nitrogens is 2. The highest BCUT2D eigenvalue weighted by Crippen LogP contribution is 2.24. The maximum atomic E-state index is 11.8. The molecule has 0 aliphatic carbocycles. The summed E-state index contributed by atoms with van der Waals surface area (Å²) in [6.45, 7) is 6.04. The van der Waals surface area contributed by atoms with Gasteiger partial charge in [0, 0.05) is 11.6 Å².